The van der Waals surface area contributed by atoms with Crippen molar-refractivity contribution >= 4 is 5.82 Å². The quantitative estimate of drug-likeness (QED) is 0.903. The van der Waals surface area contributed by atoms with Gasteiger partial charge in [0.25, 0.3) is 0 Å². The lowest BCUT2D eigenvalue weighted by molar-refractivity contribution is 0.126. The van der Waals surface area contributed by atoms with Gasteiger partial charge in [0.15, 0.2) is 5.82 Å². The molecule has 1 saturated carbocycles. The van der Waals surface area contributed by atoms with Gasteiger partial charge in [0, 0.05) is 11.7 Å². The van der Waals surface area contributed by atoms with E-state index in [0.29, 0.717) is 6.04 Å². The van der Waals surface area contributed by atoms with Gasteiger partial charge in [-0.15, -0.1) is 0 Å². The Morgan fingerprint density at radius 1 is 1.19 bits per heavy atom. The lowest BCUT2D eigenvalue weighted by atomic mass is 9.93. The molecule has 112 valence electrons. The second-order valence-corrected chi connectivity index (χ2v) is 5.75. The molecule has 2 heterocycles. The van der Waals surface area contributed by atoms with E-state index in [1.165, 1.54) is 0 Å². The molecular formula is C15H21N5O. The number of aryl methyl sites for hydroxylation is 2. The van der Waals surface area contributed by atoms with Crippen molar-refractivity contribution in [3.63, 3.8) is 0 Å². The van der Waals surface area contributed by atoms with E-state index < -0.39 is 0 Å². The maximum absolute atomic E-state index is 9.55. The molecule has 0 bridgehead atoms. The van der Waals surface area contributed by atoms with Gasteiger partial charge in [-0.3, -0.25) is 4.98 Å². The van der Waals surface area contributed by atoms with E-state index in [2.05, 4.69) is 20.4 Å². The van der Waals surface area contributed by atoms with Crippen molar-refractivity contribution < 1.29 is 5.11 Å². The number of anilines is 1. The molecule has 0 amide bonds. The number of hydrogen-bond donors (Lipinski definition) is 2. The number of nitrogens with zero attached hydrogens (tertiary/aromatic N) is 4. The minimum Gasteiger partial charge on any atom is -0.393 e. The fourth-order valence-electron chi connectivity index (χ4n) is 2.82. The topological polar surface area (TPSA) is 75.9 Å². The molecule has 0 aliphatic heterocycles. The van der Waals surface area contributed by atoms with Gasteiger partial charge in [-0.05, 0) is 45.6 Å². The van der Waals surface area contributed by atoms with Crippen molar-refractivity contribution in [2.24, 2.45) is 0 Å². The summed E-state index contributed by atoms with van der Waals surface area (Å²) in [6.45, 7) is 3.97. The van der Waals surface area contributed by atoms with Crippen LogP contribution in [0.1, 0.15) is 37.1 Å². The largest absolute Gasteiger partial charge is 0.393 e. The van der Waals surface area contributed by atoms with Gasteiger partial charge in [-0.1, -0.05) is 0 Å². The van der Waals surface area contributed by atoms with Gasteiger partial charge in [-0.2, -0.15) is 5.10 Å². The standard InChI is InChI=1S/C15H21N5O/c1-10-7-11(2)20(19-10)15-9-16-8-14(18-15)17-12-3-5-13(21)6-4-12/h7-9,12-13,21H,3-6H2,1-2H3,(H,17,18). The highest BCUT2D eigenvalue weighted by atomic mass is 16.3. The van der Waals surface area contributed by atoms with Crippen molar-refractivity contribution in [1.82, 2.24) is 19.7 Å². The fraction of sp³-hybridized carbons (Fsp3) is 0.533. The van der Waals surface area contributed by atoms with Crippen molar-refractivity contribution in [3.8, 4) is 5.82 Å². The van der Waals surface area contributed by atoms with E-state index in [4.69, 9.17) is 0 Å². The summed E-state index contributed by atoms with van der Waals surface area (Å²) in [5, 5.41) is 17.4. The highest BCUT2D eigenvalue weighted by Gasteiger charge is 2.19. The van der Waals surface area contributed by atoms with Crippen LogP contribution in [0.3, 0.4) is 0 Å². The van der Waals surface area contributed by atoms with Crippen LogP contribution in [0.5, 0.6) is 0 Å². The van der Waals surface area contributed by atoms with Gasteiger partial charge < -0.3 is 10.4 Å². The Labute approximate surface area is 124 Å². The van der Waals surface area contributed by atoms with Crippen LogP contribution in [0.15, 0.2) is 18.5 Å². The molecule has 0 radical (unpaired) electrons. The lowest BCUT2D eigenvalue weighted by Gasteiger charge is -2.26. The van der Waals surface area contributed by atoms with Gasteiger partial charge in [0.2, 0.25) is 0 Å². The Kier molecular flexibility index (Phi) is 3.88. The number of hydrogen-bond acceptors (Lipinski definition) is 5. The maximum Gasteiger partial charge on any atom is 0.174 e. The molecule has 1 fully saturated rings. The van der Waals surface area contributed by atoms with Crippen molar-refractivity contribution in [3.05, 3.63) is 29.8 Å². The zero-order valence-electron chi connectivity index (χ0n) is 12.5. The van der Waals surface area contributed by atoms with Gasteiger partial charge in [0.1, 0.15) is 5.82 Å². The molecular weight excluding hydrogens is 266 g/mol. The monoisotopic (exact) mass is 287 g/mol. The first kappa shape index (κ1) is 14.0. The zero-order chi connectivity index (χ0) is 14.8. The summed E-state index contributed by atoms with van der Waals surface area (Å²) in [7, 11) is 0. The molecule has 2 N–H and O–H groups in total. The number of aliphatic hydroxyl groups excluding tert-OH is 1. The summed E-state index contributed by atoms with van der Waals surface area (Å²) in [4.78, 5) is 8.85. The predicted octanol–water partition coefficient (Wildman–Crippen LogP) is 1.99. The molecule has 1 aliphatic rings. The summed E-state index contributed by atoms with van der Waals surface area (Å²) in [6.07, 6.45) is 6.94. The molecule has 6 nitrogen and oxygen atoms in total. The van der Waals surface area contributed by atoms with E-state index in [1.807, 2.05) is 19.9 Å². The predicted molar refractivity (Wildman–Crippen MR) is 80.5 cm³/mol. The number of aliphatic hydroxyl groups is 1. The third-order valence-electron chi connectivity index (χ3n) is 3.90. The molecule has 0 spiro atoms. The highest BCUT2D eigenvalue weighted by molar-refractivity contribution is 5.37. The van der Waals surface area contributed by atoms with E-state index >= 15 is 0 Å². The third kappa shape index (κ3) is 3.21. The molecule has 1 aliphatic carbocycles. The molecule has 0 saturated heterocycles. The van der Waals surface area contributed by atoms with E-state index in [1.54, 1.807) is 17.1 Å². The van der Waals surface area contributed by atoms with E-state index in [-0.39, 0.29) is 6.10 Å². The van der Waals surface area contributed by atoms with Crippen molar-refractivity contribution in [2.45, 2.75) is 51.7 Å². The number of nitrogens with one attached hydrogen (secondary N) is 1. The Morgan fingerprint density at radius 3 is 2.62 bits per heavy atom. The van der Waals surface area contributed by atoms with Gasteiger partial charge in [-0.25, -0.2) is 9.67 Å². The number of rotatable bonds is 3. The summed E-state index contributed by atoms with van der Waals surface area (Å²) >= 11 is 0. The Morgan fingerprint density at radius 2 is 1.95 bits per heavy atom. The van der Waals surface area contributed by atoms with Crippen molar-refractivity contribution in [1.29, 1.82) is 0 Å². The third-order valence-corrected chi connectivity index (χ3v) is 3.90. The first-order chi connectivity index (χ1) is 10.1. The molecule has 0 atom stereocenters. The lowest BCUT2D eigenvalue weighted by Crippen LogP contribution is -2.28. The van der Waals surface area contributed by atoms with Crippen molar-refractivity contribution in [2.75, 3.05) is 5.32 Å². The molecule has 0 unspecified atom stereocenters. The minimum absolute atomic E-state index is 0.143. The highest BCUT2D eigenvalue weighted by Crippen LogP contribution is 2.21. The zero-order valence-corrected chi connectivity index (χ0v) is 12.5. The van der Waals surface area contributed by atoms with Gasteiger partial charge >= 0.3 is 0 Å². The maximum atomic E-state index is 9.55. The normalized spacial score (nSPS) is 22.2. The first-order valence-electron chi connectivity index (χ1n) is 7.42. The van der Waals surface area contributed by atoms with Crippen LogP contribution in [-0.4, -0.2) is 37.0 Å². The summed E-state index contributed by atoms with van der Waals surface area (Å²) < 4.78 is 1.80. The molecule has 21 heavy (non-hydrogen) atoms. The first-order valence-corrected chi connectivity index (χ1v) is 7.42. The summed E-state index contributed by atoms with van der Waals surface area (Å²) in [6, 6.07) is 2.38. The van der Waals surface area contributed by atoms with Crippen LogP contribution in [0.2, 0.25) is 0 Å². The molecule has 0 aromatic carbocycles. The van der Waals surface area contributed by atoms with E-state index in [9.17, 15) is 5.11 Å². The number of aromatic nitrogens is 4. The average molecular weight is 287 g/mol. The smallest absolute Gasteiger partial charge is 0.174 e. The van der Waals surface area contributed by atoms with Crippen LogP contribution >= 0.6 is 0 Å². The molecule has 2 aromatic rings. The SMILES string of the molecule is Cc1cc(C)n(-c2cncc(NC3CCC(O)CC3)n2)n1. The molecule has 2 aromatic heterocycles. The van der Waals surface area contributed by atoms with Crippen LogP contribution in [0.25, 0.3) is 5.82 Å². The van der Waals surface area contributed by atoms with Gasteiger partial charge in [0.05, 0.1) is 24.2 Å². The summed E-state index contributed by atoms with van der Waals surface area (Å²) in [5.74, 6) is 1.49. The van der Waals surface area contributed by atoms with E-state index in [0.717, 1.165) is 48.7 Å². The summed E-state index contributed by atoms with van der Waals surface area (Å²) in [5.41, 5.74) is 2.01. The Balaban J connectivity index is 1.76. The Hall–Kier alpha value is -1.95. The minimum atomic E-state index is -0.143. The average Bonchev–Trinajstić information content (AvgIpc) is 2.81. The second-order valence-electron chi connectivity index (χ2n) is 5.75. The Bertz CT molecular complexity index is 616. The van der Waals surface area contributed by atoms with Crippen LogP contribution < -0.4 is 5.32 Å². The fourth-order valence-corrected chi connectivity index (χ4v) is 2.82. The second kappa shape index (κ2) is 5.81. The van der Waals surface area contributed by atoms with Crippen LogP contribution in [0, 0.1) is 13.8 Å². The molecule has 3 rings (SSSR count). The molecule has 6 heteroatoms. The van der Waals surface area contributed by atoms with Crippen LogP contribution in [0.4, 0.5) is 5.82 Å². The van der Waals surface area contributed by atoms with Crippen LogP contribution in [-0.2, 0) is 0 Å².